The molecule has 0 radical (unpaired) electrons. The Hall–Kier alpha value is -0.570. The topological polar surface area (TPSA) is 32.3 Å². The molecule has 1 fully saturated rings. The highest BCUT2D eigenvalue weighted by molar-refractivity contribution is 5.87. The molecule has 0 saturated carbocycles. The zero-order chi connectivity index (χ0) is 15.3. The Labute approximate surface area is 119 Å². The van der Waals surface area contributed by atoms with E-state index in [-0.39, 0.29) is 22.4 Å². The number of nitrogens with one attached hydrogen (secondary N) is 1. The SMILES string of the molecule is CC(C)(C)CC(C)(C)N1CC(C)(C)NC(=O)C1(C)C. The van der Waals surface area contributed by atoms with Crippen molar-refractivity contribution in [1.82, 2.24) is 10.2 Å². The standard InChI is InChI=1S/C16H32N2O/c1-13(2,3)10-15(6,7)18-11-14(4,5)17-12(19)16(18,8)9/h10-11H2,1-9H3,(H,17,19). The molecule has 1 aliphatic rings. The molecule has 1 aliphatic heterocycles. The second kappa shape index (κ2) is 4.47. The fourth-order valence-corrected chi connectivity index (χ4v) is 3.58. The van der Waals surface area contributed by atoms with Gasteiger partial charge in [0.2, 0.25) is 5.91 Å². The van der Waals surface area contributed by atoms with E-state index in [9.17, 15) is 4.79 Å². The minimum Gasteiger partial charge on any atom is -0.348 e. The van der Waals surface area contributed by atoms with Crippen molar-refractivity contribution in [2.75, 3.05) is 6.54 Å². The third-order valence-corrected chi connectivity index (χ3v) is 3.93. The normalized spacial score (nSPS) is 24.2. The molecule has 0 unspecified atom stereocenters. The Morgan fingerprint density at radius 3 is 2.00 bits per heavy atom. The molecule has 112 valence electrons. The van der Waals surface area contributed by atoms with Crippen molar-refractivity contribution in [3.8, 4) is 0 Å². The van der Waals surface area contributed by atoms with Crippen LogP contribution in [0.5, 0.6) is 0 Å². The van der Waals surface area contributed by atoms with Gasteiger partial charge in [0.15, 0.2) is 0 Å². The molecule has 0 spiro atoms. The highest BCUT2D eigenvalue weighted by atomic mass is 16.2. The summed E-state index contributed by atoms with van der Waals surface area (Å²) in [6.07, 6.45) is 1.06. The van der Waals surface area contributed by atoms with Gasteiger partial charge >= 0.3 is 0 Å². The van der Waals surface area contributed by atoms with Crippen LogP contribution in [0.2, 0.25) is 0 Å². The van der Waals surface area contributed by atoms with Crippen LogP contribution in [0.25, 0.3) is 0 Å². The van der Waals surface area contributed by atoms with Gasteiger partial charge in [0.1, 0.15) is 0 Å². The molecular formula is C16H32N2O. The summed E-state index contributed by atoms with van der Waals surface area (Å²) in [7, 11) is 0. The lowest BCUT2D eigenvalue weighted by Crippen LogP contribution is -2.73. The van der Waals surface area contributed by atoms with Crippen molar-refractivity contribution in [2.45, 2.75) is 85.4 Å². The number of amides is 1. The van der Waals surface area contributed by atoms with Crippen molar-refractivity contribution >= 4 is 5.91 Å². The molecule has 0 aromatic carbocycles. The Bertz CT molecular complexity index is 361. The van der Waals surface area contributed by atoms with Gasteiger partial charge in [-0.15, -0.1) is 0 Å². The predicted molar refractivity (Wildman–Crippen MR) is 81.2 cm³/mol. The van der Waals surface area contributed by atoms with Crippen LogP contribution in [0.4, 0.5) is 0 Å². The molecule has 0 aromatic heterocycles. The van der Waals surface area contributed by atoms with Crippen LogP contribution in [0.1, 0.15) is 68.7 Å². The number of carbonyl (C=O) groups is 1. The van der Waals surface area contributed by atoms with E-state index in [0.717, 1.165) is 13.0 Å². The van der Waals surface area contributed by atoms with Gasteiger partial charge in [-0.05, 0) is 53.4 Å². The Morgan fingerprint density at radius 2 is 1.58 bits per heavy atom. The minimum atomic E-state index is -0.454. The second-order valence-corrected chi connectivity index (χ2v) is 9.03. The van der Waals surface area contributed by atoms with E-state index >= 15 is 0 Å². The summed E-state index contributed by atoms with van der Waals surface area (Å²) < 4.78 is 0. The van der Waals surface area contributed by atoms with Crippen LogP contribution >= 0.6 is 0 Å². The summed E-state index contributed by atoms with van der Waals surface area (Å²) in [5, 5.41) is 3.13. The highest BCUT2D eigenvalue weighted by Crippen LogP contribution is 2.38. The van der Waals surface area contributed by atoms with Gasteiger partial charge in [-0.2, -0.15) is 0 Å². The van der Waals surface area contributed by atoms with Crippen LogP contribution < -0.4 is 5.32 Å². The molecule has 19 heavy (non-hydrogen) atoms. The molecule has 1 N–H and O–H groups in total. The van der Waals surface area contributed by atoms with Gasteiger partial charge in [0.25, 0.3) is 0 Å². The minimum absolute atomic E-state index is 0.00319. The van der Waals surface area contributed by atoms with E-state index in [1.165, 1.54) is 0 Å². The first-order chi connectivity index (χ1) is 8.17. The number of carbonyl (C=O) groups excluding carboxylic acids is 1. The first-order valence-electron chi connectivity index (χ1n) is 7.28. The Balaban J connectivity index is 3.10. The molecule has 0 atom stereocenters. The van der Waals surface area contributed by atoms with E-state index in [2.05, 4.69) is 58.7 Å². The van der Waals surface area contributed by atoms with E-state index in [1.54, 1.807) is 0 Å². The summed E-state index contributed by atoms with van der Waals surface area (Å²) in [5.41, 5.74) is -0.375. The van der Waals surface area contributed by atoms with Crippen molar-refractivity contribution in [1.29, 1.82) is 0 Å². The fraction of sp³-hybridized carbons (Fsp3) is 0.938. The average Bonchev–Trinajstić information content (AvgIpc) is 2.07. The van der Waals surface area contributed by atoms with Crippen molar-refractivity contribution < 1.29 is 4.79 Å². The van der Waals surface area contributed by atoms with E-state index in [4.69, 9.17) is 0 Å². The smallest absolute Gasteiger partial charge is 0.240 e. The average molecular weight is 268 g/mol. The van der Waals surface area contributed by atoms with Crippen LogP contribution in [0.15, 0.2) is 0 Å². The molecule has 3 nitrogen and oxygen atoms in total. The molecule has 1 saturated heterocycles. The number of rotatable bonds is 2. The summed E-state index contributed by atoms with van der Waals surface area (Å²) in [6.45, 7) is 20.4. The van der Waals surface area contributed by atoms with E-state index < -0.39 is 5.54 Å². The van der Waals surface area contributed by atoms with Crippen molar-refractivity contribution in [2.24, 2.45) is 5.41 Å². The molecule has 0 aromatic rings. The molecule has 1 rings (SSSR count). The number of hydrogen-bond donors (Lipinski definition) is 1. The summed E-state index contributed by atoms with van der Waals surface area (Å²) in [4.78, 5) is 14.8. The maximum atomic E-state index is 12.4. The first kappa shape index (κ1) is 16.5. The third-order valence-electron chi connectivity index (χ3n) is 3.93. The summed E-state index contributed by atoms with van der Waals surface area (Å²) >= 11 is 0. The Morgan fingerprint density at radius 1 is 1.11 bits per heavy atom. The monoisotopic (exact) mass is 268 g/mol. The molecule has 0 aliphatic carbocycles. The quantitative estimate of drug-likeness (QED) is 0.834. The lowest BCUT2D eigenvalue weighted by molar-refractivity contribution is -0.147. The third kappa shape index (κ3) is 3.71. The van der Waals surface area contributed by atoms with E-state index in [1.807, 2.05) is 13.8 Å². The molecule has 1 amide bonds. The van der Waals surface area contributed by atoms with Gasteiger partial charge in [-0.1, -0.05) is 20.8 Å². The lowest BCUT2D eigenvalue weighted by atomic mass is 9.77. The number of hydrogen-bond acceptors (Lipinski definition) is 2. The Kier molecular flexibility index (Phi) is 3.88. The molecular weight excluding hydrogens is 236 g/mol. The lowest BCUT2D eigenvalue weighted by Gasteiger charge is -2.56. The zero-order valence-corrected chi connectivity index (χ0v) is 14.3. The summed E-state index contributed by atoms with van der Waals surface area (Å²) in [6, 6.07) is 0. The molecule has 1 heterocycles. The molecule has 3 heteroatoms. The zero-order valence-electron chi connectivity index (χ0n) is 14.3. The first-order valence-corrected chi connectivity index (χ1v) is 7.28. The molecule has 0 bridgehead atoms. The second-order valence-electron chi connectivity index (χ2n) is 9.03. The summed E-state index contributed by atoms with van der Waals surface area (Å²) in [5.74, 6) is 0.130. The van der Waals surface area contributed by atoms with Gasteiger partial charge in [-0.25, -0.2) is 0 Å². The van der Waals surface area contributed by atoms with Gasteiger partial charge in [0, 0.05) is 17.6 Å². The predicted octanol–water partition coefficient (Wildman–Crippen LogP) is 3.19. The maximum Gasteiger partial charge on any atom is 0.240 e. The van der Waals surface area contributed by atoms with E-state index in [0.29, 0.717) is 0 Å². The van der Waals surface area contributed by atoms with Gasteiger partial charge in [-0.3, -0.25) is 9.69 Å². The van der Waals surface area contributed by atoms with Crippen molar-refractivity contribution in [3.05, 3.63) is 0 Å². The highest BCUT2D eigenvalue weighted by Gasteiger charge is 2.50. The van der Waals surface area contributed by atoms with Crippen LogP contribution in [-0.2, 0) is 4.79 Å². The number of nitrogens with zero attached hydrogens (tertiary/aromatic N) is 1. The van der Waals surface area contributed by atoms with Crippen molar-refractivity contribution in [3.63, 3.8) is 0 Å². The van der Waals surface area contributed by atoms with Crippen LogP contribution in [0.3, 0.4) is 0 Å². The fourth-order valence-electron chi connectivity index (χ4n) is 3.58. The largest absolute Gasteiger partial charge is 0.348 e. The van der Waals surface area contributed by atoms with Crippen LogP contribution in [0, 0.1) is 5.41 Å². The maximum absolute atomic E-state index is 12.4. The van der Waals surface area contributed by atoms with Gasteiger partial charge < -0.3 is 5.32 Å². The van der Waals surface area contributed by atoms with Gasteiger partial charge in [0.05, 0.1) is 5.54 Å². The number of piperazine rings is 1. The van der Waals surface area contributed by atoms with Crippen LogP contribution in [-0.4, -0.2) is 34.0 Å².